The van der Waals surface area contributed by atoms with Crippen molar-refractivity contribution < 1.29 is 13.6 Å². The van der Waals surface area contributed by atoms with Gasteiger partial charge in [-0.2, -0.15) is 5.26 Å². The fourth-order valence-electron chi connectivity index (χ4n) is 1.58. The largest absolute Gasteiger partial charge is 0.323 e. The minimum atomic E-state index is -0.766. The molecule has 6 heteroatoms. The molecule has 0 heterocycles. The molecular weight excluding hydrogens is 264 g/mol. The van der Waals surface area contributed by atoms with Crippen molar-refractivity contribution in [2.24, 2.45) is 0 Å². The predicted octanol–water partition coefficient (Wildman–Crippen LogP) is 3.48. The fourth-order valence-corrected chi connectivity index (χ4v) is 1.58. The van der Waals surface area contributed by atoms with Crippen LogP contribution in [0.1, 0.15) is 5.56 Å². The Hall–Kier alpha value is -2.94. The molecule has 0 aromatic heterocycles. The predicted molar refractivity (Wildman–Crippen MR) is 70.2 cm³/mol. The molecule has 100 valence electrons. The second kappa shape index (κ2) is 5.80. The average Bonchev–Trinajstić information content (AvgIpc) is 2.42. The third-order valence-electron chi connectivity index (χ3n) is 2.50. The number of amides is 2. The lowest BCUT2D eigenvalue weighted by Crippen LogP contribution is -2.20. The molecule has 0 unspecified atom stereocenters. The molecule has 0 spiro atoms. The van der Waals surface area contributed by atoms with Gasteiger partial charge in [-0.3, -0.25) is 0 Å². The Kier molecular flexibility index (Phi) is 3.91. The van der Waals surface area contributed by atoms with E-state index in [1.54, 1.807) is 12.1 Å². The minimum Gasteiger partial charge on any atom is -0.306 e. The van der Waals surface area contributed by atoms with Crippen LogP contribution in [0.3, 0.4) is 0 Å². The summed E-state index contributed by atoms with van der Waals surface area (Å²) in [5.74, 6) is -1.33. The number of para-hydroxylation sites is 1. The number of halogens is 2. The smallest absolute Gasteiger partial charge is 0.306 e. The van der Waals surface area contributed by atoms with Crippen LogP contribution < -0.4 is 10.6 Å². The van der Waals surface area contributed by atoms with Gasteiger partial charge in [0.15, 0.2) is 0 Å². The summed E-state index contributed by atoms with van der Waals surface area (Å²) < 4.78 is 26.7. The fraction of sp³-hybridized carbons (Fsp3) is 0. The van der Waals surface area contributed by atoms with E-state index in [0.717, 1.165) is 6.07 Å². The average molecular weight is 273 g/mol. The van der Waals surface area contributed by atoms with Crippen molar-refractivity contribution in [1.82, 2.24) is 0 Å². The van der Waals surface area contributed by atoms with Crippen LogP contribution in [0.2, 0.25) is 0 Å². The molecule has 0 aliphatic heterocycles. The summed E-state index contributed by atoms with van der Waals surface area (Å²) in [6.07, 6.45) is 0. The number of hydrogen-bond acceptors (Lipinski definition) is 2. The minimum absolute atomic E-state index is 0.0140. The zero-order valence-electron chi connectivity index (χ0n) is 10.2. The van der Waals surface area contributed by atoms with E-state index in [2.05, 4.69) is 10.6 Å². The number of nitriles is 1. The first-order chi connectivity index (χ1) is 9.61. The molecule has 2 aromatic carbocycles. The van der Waals surface area contributed by atoms with Gasteiger partial charge in [-0.05, 0) is 24.3 Å². The second-order valence-electron chi connectivity index (χ2n) is 3.83. The number of benzene rings is 2. The van der Waals surface area contributed by atoms with Crippen molar-refractivity contribution in [2.75, 3.05) is 10.6 Å². The number of hydrogen-bond donors (Lipinski definition) is 2. The van der Waals surface area contributed by atoms with Crippen molar-refractivity contribution in [3.63, 3.8) is 0 Å². The van der Waals surface area contributed by atoms with E-state index in [1.807, 2.05) is 0 Å². The Bertz CT molecular complexity index is 695. The van der Waals surface area contributed by atoms with E-state index < -0.39 is 17.7 Å². The molecule has 0 aliphatic carbocycles. The molecule has 2 amide bonds. The summed E-state index contributed by atoms with van der Waals surface area (Å²) >= 11 is 0. The zero-order valence-corrected chi connectivity index (χ0v) is 10.2. The van der Waals surface area contributed by atoms with E-state index >= 15 is 0 Å². The maximum atomic E-state index is 13.3. The van der Waals surface area contributed by atoms with E-state index in [0.29, 0.717) is 0 Å². The van der Waals surface area contributed by atoms with Crippen LogP contribution in [0.25, 0.3) is 0 Å². The summed E-state index contributed by atoms with van der Waals surface area (Å²) in [5, 5.41) is 13.4. The number of nitrogens with one attached hydrogen (secondary N) is 2. The highest BCUT2D eigenvalue weighted by Gasteiger charge is 2.11. The van der Waals surface area contributed by atoms with Crippen LogP contribution in [-0.2, 0) is 0 Å². The van der Waals surface area contributed by atoms with Crippen LogP contribution in [0.15, 0.2) is 42.5 Å². The Morgan fingerprint density at radius 1 is 0.950 bits per heavy atom. The molecule has 0 fully saturated rings. The molecule has 0 radical (unpaired) electrons. The van der Waals surface area contributed by atoms with Crippen molar-refractivity contribution in [2.45, 2.75) is 0 Å². The normalized spacial score (nSPS) is 9.65. The standard InChI is InChI=1S/C14H9F2N3O/c15-10-5-3-7-12(9(10)8-17)18-14(20)19-13-6-2-1-4-11(13)16/h1-7H,(H2,18,19,20). The Morgan fingerprint density at radius 2 is 1.55 bits per heavy atom. The molecule has 2 rings (SSSR count). The second-order valence-corrected chi connectivity index (χ2v) is 3.83. The molecule has 20 heavy (non-hydrogen) atoms. The first-order valence-electron chi connectivity index (χ1n) is 5.63. The highest BCUT2D eigenvalue weighted by Crippen LogP contribution is 2.18. The molecule has 0 aliphatic rings. The Morgan fingerprint density at radius 3 is 2.25 bits per heavy atom. The van der Waals surface area contributed by atoms with Gasteiger partial charge in [0.1, 0.15) is 23.3 Å². The summed E-state index contributed by atoms with van der Waals surface area (Å²) in [7, 11) is 0. The van der Waals surface area contributed by atoms with E-state index in [1.165, 1.54) is 30.3 Å². The summed E-state index contributed by atoms with van der Waals surface area (Å²) in [6.45, 7) is 0. The number of urea groups is 1. The van der Waals surface area contributed by atoms with Gasteiger partial charge in [-0.1, -0.05) is 18.2 Å². The van der Waals surface area contributed by atoms with Crippen LogP contribution in [0.5, 0.6) is 0 Å². The number of rotatable bonds is 2. The first kappa shape index (κ1) is 13.5. The summed E-state index contributed by atoms with van der Waals surface area (Å²) in [6, 6.07) is 10.3. The first-order valence-corrected chi connectivity index (χ1v) is 5.63. The molecule has 0 atom stereocenters. The quantitative estimate of drug-likeness (QED) is 0.879. The Labute approximate surface area is 113 Å². The van der Waals surface area contributed by atoms with Crippen LogP contribution in [0, 0.1) is 23.0 Å². The van der Waals surface area contributed by atoms with Crippen LogP contribution >= 0.6 is 0 Å². The third kappa shape index (κ3) is 2.90. The van der Waals surface area contributed by atoms with Crippen LogP contribution in [0.4, 0.5) is 25.0 Å². The maximum absolute atomic E-state index is 13.3. The van der Waals surface area contributed by atoms with Gasteiger partial charge in [-0.15, -0.1) is 0 Å². The lowest BCUT2D eigenvalue weighted by atomic mass is 10.2. The highest BCUT2D eigenvalue weighted by molar-refractivity contribution is 6.00. The van der Waals surface area contributed by atoms with Gasteiger partial charge in [0.05, 0.1) is 11.4 Å². The topological polar surface area (TPSA) is 64.9 Å². The maximum Gasteiger partial charge on any atom is 0.323 e. The number of carbonyl (C=O) groups excluding carboxylic acids is 1. The van der Waals surface area contributed by atoms with Gasteiger partial charge in [-0.25, -0.2) is 13.6 Å². The van der Waals surface area contributed by atoms with Crippen molar-refractivity contribution >= 4 is 17.4 Å². The lowest BCUT2D eigenvalue weighted by Gasteiger charge is -2.09. The molecular formula is C14H9F2N3O. The number of nitrogens with zero attached hydrogens (tertiary/aromatic N) is 1. The monoisotopic (exact) mass is 273 g/mol. The number of anilines is 2. The molecule has 0 bridgehead atoms. The molecule has 2 aromatic rings. The lowest BCUT2D eigenvalue weighted by molar-refractivity contribution is 0.262. The van der Waals surface area contributed by atoms with Crippen molar-refractivity contribution in [3.05, 3.63) is 59.7 Å². The van der Waals surface area contributed by atoms with E-state index in [-0.39, 0.29) is 16.9 Å². The Balaban J connectivity index is 2.16. The van der Waals surface area contributed by atoms with Gasteiger partial charge in [0.2, 0.25) is 0 Å². The van der Waals surface area contributed by atoms with Crippen molar-refractivity contribution in [3.8, 4) is 6.07 Å². The van der Waals surface area contributed by atoms with Gasteiger partial charge in [0.25, 0.3) is 0 Å². The van der Waals surface area contributed by atoms with Gasteiger partial charge < -0.3 is 10.6 Å². The molecule has 0 saturated carbocycles. The third-order valence-corrected chi connectivity index (χ3v) is 2.50. The van der Waals surface area contributed by atoms with E-state index in [4.69, 9.17) is 5.26 Å². The summed E-state index contributed by atoms with van der Waals surface area (Å²) in [4.78, 5) is 11.7. The van der Waals surface area contributed by atoms with Crippen LogP contribution in [-0.4, -0.2) is 6.03 Å². The molecule has 2 N–H and O–H groups in total. The van der Waals surface area contributed by atoms with Gasteiger partial charge in [0, 0.05) is 0 Å². The van der Waals surface area contributed by atoms with Crippen molar-refractivity contribution in [1.29, 1.82) is 5.26 Å². The van der Waals surface area contributed by atoms with Gasteiger partial charge >= 0.3 is 6.03 Å². The molecule has 0 saturated heterocycles. The zero-order chi connectivity index (χ0) is 14.5. The molecule has 4 nitrogen and oxygen atoms in total. The summed E-state index contributed by atoms with van der Waals surface area (Å²) in [5.41, 5.74) is -0.280. The number of carbonyl (C=O) groups is 1. The SMILES string of the molecule is N#Cc1c(F)cccc1NC(=O)Nc1ccccc1F. The van der Waals surface area contributed by atoms with E-state index in [9.17, 15) is 13.6 Å². The highest BCUT2D eigenvalue weighted by atomic mass is 19.1.